The number of nitrogens with zero attached hydrogens (tertiary/aromatic N) is 2. The number of benzene rings is 2. The molecule has 2 aromatic rings. The molecule has 2 unspecified atom stereocenters. The second-order valence-electron chi connectivity index (χ2n) is 8.56. The van der Waals surface area contributed by atoms with Gasteiger partial charge in [0.15, 0.2) is 0 Å². The Morgan fingerprint density at radius 3 is 2.26 bits per heavy atom. The number of rotatable bonds is 5. The van der Waals surface area contributed by atoms with Gasteiger partial charge in [0.1, 0.15) is 5.82 Å². The maximum absolute atomic E-state index is 13.7. The molecule has 27 heavy (non-hydrogen) atoms. The molecule has 2 fully saturated rings. The van der Waals surface area contributed by atoms with Crippen LogP contribution in [0.15, 0.2) is 48.5 Å². The molecule has 2 aliphatic heterocycles. The average molecular weight is 368 g/mol. The van der Waals surface area contributed by atoms with Gasteiger partial charge in [-0.15, -0.1) is 0 Å². The number of hydrogen-bond acceptors (Lipinski definition) is 3. The van der Waals surface area contributed by atoms with E-state index >= 15 is 0 Å². The van der Waals surface area contributed by atoms with Gasteiger partial charge in [0.2, 0.25) is 0 Å². The maximum Gasteiger partial charge on any atom is 0.123 e. The van der Waals surface area contributed by atoms with Crippen LogP contribution in [-0.2, 0) is 18.7 Å². The van der Waals surface area contributed by atoms with E-state index in [1.54, 1.807) is 6.07 Å². The van der Waals surface area contributed by atoms with Crippen molar-refractivity contribution < 1.29 is 9.50 Å². The van der Waals surface area contributed by atoms with Crippen molar-refractivity contribution in [3.63, 3.8) is 0 Å². The molecule has 2 heterocycles. The highest BCUT2D eigenvalue weighted by Crippen LogP contribution is 2.46. The second-order valence-corrected chi connectivity index (χ2v) is 8.56. The number of fused-ring (bicyclic) bond motifs is 2. The van der Waals surface area contributed by atoms with Gasteiger partial charge in [-0.05, 0) is 68.6 Å². The molecule has 2 saturated heterocycles. The van der Waals surface area contributed by atoms with Crippen LogP contribution in [0.2, 0.25) is 0 Å². The van der Waals surface area contributed by atoms with Crippen molar-refractivity contribution in [3.05, 3.63) is 71.0 Å². The van der Waals surface area contributed by atoms with Crippen molar-refractivity contribution in [2.75, 3.05) is 14.1 Å². The lowest BCUT2D eigenvalue weighted by Crippen LogP contribution is -2.49. The predicted octanol–water partition coefficient (Wildman–Crippen LogP) is 3.90. The van der Waals surface area contributed by atoms with Crippen LogP contribution in [-0.4, -0.2) is 41.1 Å². The standard InChI is InChI=1S/C23H29FN2O/c1-25(2)15-17-6-8-18(9-7-17)16-26-21-10-11-22(26)14-23(27,13-21)19-4-3-5-20(24)12-19/h3-9,12,21-22,27H,10-11,13-16H2,1-2H3. The zero-order valence-corrected chi connectivity index (χ0v) is 16.2. The Balaban J connectivity index is 1.46. The van der Waals surface area contributed by atoms with Crippen LogP contribution in [0.25, 0.3) is 0 Å². The first-order chi connectivity index (χ1) is 12.9. The largest absolute Gasteiger partial charge is 0.385 e. The first-order valence-electron chi connectivity index (χ1n) is 9.90. The van der Waals surface area contributed by atoms with E-state index in [-0.39, 0.29) is 5.82 Å². The summed E-state index contributed by atoms with van der Waals surface area (Å²) in [5, 5.41) is 11.3. The molecule has 2 atom stereocenters. The third-order valence-electron chi connectivity index (χ3n) is 6.17. The van der Waals surface area contributed by atoms with E-state index in [4.69, 9.17) is 0 Å². The second kappa shape index (κ2) is 7.34. The Morgan fingerprint density at radius 2 is 1.67 bits per heavy atom. The van der Waals surface area contributed by atoms with Crippen LogP contribution in [0, 0.1) is 5.82 Å². The Kier molecular flexibility index (Phi) is 5.06. The Hall–Kier alpha value is -1.75. The Labute approximate surface area is 161 Å². The van der Waals surface area contributed by atoms with E-state index in [0.29, 0.717) is 24.9 Å². The predicted molar refractivity (Wildman–Crippen MR) is 106 cm³/mol. The van der Waals surface area contributed by atoms with Crippen LogP contribution in [0.5, 0.6) is 0 Å². The van der Waals surface area contributed by atoms with Gasteiger partial charge in [0.25, 0.3) is 0 Å². The molecule has 2 bridgehead atoms. The van der Waals surface area contributed by atoms with Crippen molar-refractivity contribution in [2.45, 2.75) is 56.5 Å². The lowest BCUT2D eigenvalue weighted by atomic mass is 9.80. The number of piperidine rings is 1. The molecule has 4 heteroatoms. The summed E-state index contributed by atoms with van der Waals surface area (Å²) in [5.41, 5.74) is 2.48. The average Bonchev–Trinajstić information content (AvgIpc) is 2.86. The summed E-state index contributed by atoms with van der Waals surface area (Å²) in [6, 6.07) is 16.1. The third kappa shape index (κ3) is 3.93. The molecular weight excluding hydrogens is 339 g/mol. The van der Waals surface area contributed by atoms with Crippen LogP contribution in [0.1, 0.15) is 42.4 Å². The summed E-state index contributed by atoms with van der Waals surface area (Å²) in [7, 11) is 4.16. The molecular formula is C23H29FN2O. The normalized spacial score (nSPS) is 28.0. The highest BCUT2D eigenvalue weighted by molar-refractivity contribution is 5.27. The fourth-order valence-electron chi connectivity index (χ4n) is 4.91. The van der Waals surface area contributed by atoms with E-state index < -0.39 is 5.60 Å². The molecule has 2 aromatic carbocycles. The van der Waals surface area contributed by atoms with Gasteiger partial charge in [0.05, 0.1) is 5.60 Å². The zero-order chi connectivity index (χ0) is 19.0. The molecule has 0 radical (unpaired) electrons. The molecule has 3 nitrogen and oxygen atoms in total. The van der Waals surface area contributed by atoms with E-state index in [0.717, 1.165) is 31.5 Å². The van der Waals surface area contributed by atoms with Crippen molar-refractivity contribution in [1.82, 2.24) is 9.80 Å². The first kappa shape index (κ1) is 18.6. The Bertz CT molecular complexity index is 775. The minimum absolute atomic E-state index is 0.270. The number of halogens is 1. The van der Waals surface area contributed by atoms with Gasteiger partial charge >= 0.3 is 0 Å². The fourth-order valence-corrected chi connectivity index (χ4v) is 4.91. The topological polar surface area (TPSA) is 26.7 Å². The summed E-state index contributed by atoms with van der Waals surface area (Å²) in [6.07, 6.45) is 3.60. The molecule has 2 aliphatic rings. The van der Waals surface area contributed by atoms with Gasteiger partial charge in [-0.2, -0.15) is 0 Å². The SMILES string of the molecule is CN(C)Cc1ccc(CN2C3CCC2CC(O)(c2cccc(F)c2)C3)cc1. The molecule has 144 valence electrons. The molecule has 0 spiro atoms. The monoisotopic (exact) mass is 368 g/mol. The van der Waals surface area contributed by atoms with Crippen LogP contribution >= 0.6 is 0 Å². The number of hydrogen-bond donors (Lipinski definition) is 1. The summed E-state index contributed by atoms with van der Waals surface area (Å²) < 4.78 is 13.7. The third-order valence-corrected chi connectivity index (χ3v) is 6.17. The van der Waals surface area contributed by atoms with Crippen molar-refractivity contribution in [3.8, 4) is 0 Å². The lowest BCUT2D eigenvalue weighted by molar-refractivity contribution is -0.0596. The van der Waals surface area contributed by atoms with Crippen LogP contribution in [0.3, 0.4) is 0 Å². The molecule has 1 N–H and O–H groups in total. The summed E-state index contributed by atoms with van der Waals surface area (Å²) in [5.74, 6) is -0.270. The summed E-state index contributed by atoms with van der Waals surface area (Å²) in [6.45, 7) is 1.88. The minimum atomic E-state index is -0.903. The van der Waals surface area contributed by atoms with Crippen LogP contribution < -0.4 is 0 Å². The number of aliphatic hydroxyl groups is 1. The highest BCUT2D eigenvalue weighted by Gasteiger charge is 2.48. The highest BCUT2D eigenvalue weighted by atomic mass is 19.1. The molecule has 0 aromatic heterocycles. The van der Waals surface area contributed by atoms with Gasteiger partial charge in [-0.3, -0.25) is 4.90 Å². The smallest absolute Gasteiger partial charge is 0.123 e. The molecule has 4 rings (SSSR count). The minimum Gasteiger partial charge on any atom is -0.385 e. The van der Waals surface area contributed by atoms with E-state index in [1.807, 2.05) is 6.07 Å². The first-order valence-corrected chi connectivity index (χ1v) is 9.90. The fraction of sp³-hybridized carbons (Fsp3) is 0.478. The lowest BCUT2D eigenvalue weighted by Gasteiger charge is -2.44. The molecule has 0 saturated carbocycles. The van der Waals surface area contributed by atoms with E-state index in [2.05, 4.69) is 48.2 Å². The van der Waals surface area contributed by atoms with Crippen molar-refractivity contribution in [2.24, 2.45) is 0 Å². The summed E-state index contributed by atoms with van der Waals surface area (Å²) >= 11 is 0. The quantitative estimate of drug-likeness (QED) is 0.867. The molecule has 0 aliphatic carbocycles. The Morgan fingerprint density at radius 1 is 1.04 bits per heavy atom. The van der Waals surface area contributed by atoms with E-state index in [1.165, 1.54) is 23.3 Å². The van der Waals surface area contributed by atoms with Gasteiger partial charge < -0.3 is 10.0 Å². The van der Waals surface area contributed by atoms with Gasteiger partial charge in [-0.25, -0.2) is 4.39 Å². The zero-order valence-electron chi connectivity index (χ0n) is 16.2. The maximum atomic E-state index is 13.7. The van der Waals surface area contributed by atoms with Gasteiger partial charge in [0, 0.05) is 25.2 Å². The van der Waals surface area contributed by atoms with Gasteiger partial charge in [-0.1, -0.05) is 36.4 Å². The molecule has 0 amide bonds. The summed E-state index contributed by atoms with van der Waals surface area (Å²) in [4.78, 5) is 4.72. The van der Waals surface area contributed by atoms with E-state index in [9.17, 15) is 9.50 Å². The van der Waals surface area contributed by atoms with Crippen molar-refractivity contribution >= 4 is 0 Å². The van der Waals surface area contributed by atoms with Crippen LogP contribution in [0.4, 0.5) is 4.39 Å². The van der Waals surface area contributed by atoms with Crippen molar-refractivity contribution in [1.29, 1.82) is 0 Å².